The molecule has 21 heavy (non-hydrogen) atoms. The van der Waals surface area contributed by atoms with Crippen molar-refractivity contribution in [1.82, 2.24) is 4.98 Å². The fourth-order valence-corrected chi connectivity index (χ4v) is 3.75. The van der Waals surface area contributed by atoms with E-state index in [4.69, 9.17) is 5.11 Å². The number of aromatic nitrogens is 1. The number of hydrogen-bond acceptors (Lipinski definition) is 4. The molecule has 0 aliphatic carbocycles. The van der Waals surface area contributed by atoms with Gasteiger partial charge in [0.2, 0.25) is 0 Å². The molecule has 0 amide bonds. The summed E-state index contributed by atoms with van der Waals surface area (Å²) in [5, 5.41) is 11.4. The lowest BCUT2D eigenvalue weighted by Gasteiger charge is -1.95. The van der Waals surface area contributed by atoms with Crippen LogP contribution in [-0.2, 0) is 11.2 Å². The second kappa shape index (κ2) is 5.75. The van der Waals surface area contributed by atoms with Crippen molar-refractivity contribution in [1.29, 1.82) is 0 Å². The van der Waals surface area contributed by atoms with Crippen molar-refractivity contribution < 1.29 is 14.3 Å². The summed E-state index contributed by atoms with van der Waals surface area (Å²) in [7, 11) is 0. The van der Waals surface area contributed by atoms with Crippen molar-refractivity contribution in [2.45, 2.75) is 6.42 Å². The summed E-state index contributed by atoms with van der Waals surface area (Å²) in [6.45, 7) is 0. The van der Waals surface area contributed by atoms with Crippen LogP contribution in [0.4, 0.5) is 4.39 Å². The zero-order valence-corrected chi connectivity index (χ0v) is 12.4. The van der Waals surface area contributed by atoms with E-state index in [1.807, 2.05) is 17.5 Å². The summed E-state index contributed by atoms with van der Waals surface area (Å²) in [6, 6.07) is 9.99. The van der Waals surface area contributed by atoms with Gasteiger partial charge in [0.25, 0.3) is 0 Å². The third kappa shape index (κ3) is 3.17. The van der Waals surface area contributed by atoms with E-state index in [0.29, 0.717) is 0 Å². The Balaban J connectivity index is 1.88. The number of benzene rings is 1. The van der Waals surface area contributed by atoms with E-state index in [2.05, 4.69) is 4.98 Å². The zero-order valence-electron chi connectivity index (χ0n) is 10.7. The van der Waals surface area contributed by atoms with Gasteiger partial charge < -0.3 is 5.11 Å². The Bertz CT molecular complexity index is 794. The molecule has 6 heteroatoms. The monoisotopic (exact) mass is 319 g/mol. The fraction of sp³-hybridized carbons (Fsp3) is 0.0667. The number of nitrogens with zero attached hydrogens (tertiary/aromatic N) is 1. The molecule has 2 aromatic heterocycles. The highest BCUT2D eigenvalue weighted by Gasteiger charge is 2.10. The number of carboxylic acid groups (broad SMARTS) is 1. The van der Waals surface area contributed by atoms with Gasteiger partial charge in [0.05, 0.1) is 17.0 Å². The van der Waals surface area contributed by atoms with E-state index in [1.165, 1.54) is 34.8 Å². The second-order valence-electron chi connectivity index (χ2n) is 4.38. The van der Waals surface area contributed by atoms with Crippen LogP contribution in [0.2, 0.25) is 0 Å². The molecule has 0 saturated heterocycles. The molecule has 1 N–H and O–H groups in total. The highest BCUT2D eigenvalue weighted by molar-refractivity contribution is 7.16. The fourth-order valence-electron chi connectivity index (χ4n) is 1.90. The number of hydrogen-bond donors (Lipinski definition) is 1. The van der Waals surface area contributed by atoms with Crippen LogP contribution in [0, 0.1) is 5.82 Å². The van der Waals surface area contributed by atoms with E-state index in [0.717, 1.165) is 26.0 Å². The van der Waals surface area contributed by atoms with Crippen LogP contribution < -0.4 is 0 Å². The van der Waals surface area contributed by atoms with Crippen molar-refractivity contribution in [3.8, 4) is 21.1 Å². The first-order chi connectivity index (χ1) is 10.1. The lowest BCUT2D eigenvalue weighted by Crippen LogP contribution is -1.96. The van der Waals surface area contributed by atoms with Gasteiger partial charge in [-0.05, 0) is 24.3 Å². The Kier molecular flexibility index (Phi) is 3.81. The van der Waals surface area contributed by atoms with Crippen LogP contribution in [0.15, 0.2) is 41.8 Å². The average Bonchev–Trinajstić information content (AvgIpc) is 3.06. The van der Waals surface area contributed by atoms with Crippen LogP contribution in [0.25, 0.3) is 21.1 Å². The molecule has 106 valence electrons. The molecule has 0 spiro atoms. The van der Waals surface area contributed by atoms with E-state index in [9.17, 15) is 9.18 Å². The number of rotatable bonds is 4. The summed E-state index contributed by atoms with van der Waals surface area (Å²) in [5.74, 6) is -1.13. The van der Waals surface area contributed by atoms with Gasteiger partial charge in [0.15, 0.2) is 0 Å². The van der Waals surface area contributed by atoms with E-state index in [-0.39, 0.29) is 12.2 Å². The van der Waals surface area contributed by atoms with Gasteiger partial charge in [0.1, 0.15) is 10.8 Å². The Morgan fingerprint density at radius 2 is 2.14 bits per heavy atom. The molecule has 0 atom stereocenters. The topological polar surface area (TPSA) is 50.2 Å². The SMILES string of the molecule is O=C(O)Cc1ccc(-c2csc(-c3cccc(F)c3)n2)s1. The highest BCUT2D eigenvalue weighted by atomic mass is 32.1. The number of halogens is 1. The minimum atomic E-state index is -0.845. The van der Waals surface area contributed by atoms with Crippen molar-refractivity contribution in [2.24, 2.45) is 0 Å². The predicted octanol–water partition coefficient (Wildman–Crippen LogP) is 4.30. The Labute approximate surface area is 128 Å². The first-order valence-corrected chi connectivity index (χ1v) is 7.84. The maximum Gasteiger partial charge on any atom is 0.308 e. The maximum atomic E-state index is 13.2. The Hall–Kier alpha value is -2.05. The van der Waals surface area contributed by atoms with Gasteiger partial charge in [-0.25, -0.2) is 9.37 Å². The number of thiophene rings is 1. The molecular weight excluding hydrogens is 309 g/mol. The van der Waals surface area contributed by atoms with E-state index >= 15 is 0 Å². The molecule has 1 aromatic carbocycles. The molecule has 3 nitrogen and oxygen atoms in total. The molecule has 0 radical (unpaired) electrons. The molecule has 0 aliphatic rings. The molecule has 3 rings (SSSR count). The third-order valence-corrected chi connectivity index (χ3v) is 4.81. The third-order valence-electron chi connectivity index (χ3n) is 2.82. The lowest BCUT2D eigenvalue weighted by atomic mass is 10.2. The van der Waals surface area contributed by atoms with E-state index in [1.54, 1.807) is 12.1 Å². The van der Waals surface area contributed by atoms with Crippen LogP contribution >= 0.6 is 22.7 Å². The number of aliphatic carboxylic acids is 1. The van der Waals surface area contributed by atoms with Crippen LogP contribution in [0.5, 0.6) is 0 Å². The smallest absolute Gasteiger partial charge is 0.308 e. The van der Waals surface area contributed by atoms with Gasteiger partial charge >= 0.3 is 5.97 Å². The minimum Gasteiger partial charge on any atom is -0.481 e. The number of carboxylic acids is 1. The van der Waals surface area contributed by atoms with Crippen LogP contribution in [0.1, 0.15) is 4.88 Å². The lowest BCUT2D eigenvalue weighted by molar-refractivity contribution is -0.136. The molecule has 3 aromatic rings. The van der Waals surface area contributed by atoms with Crippen LogP contribution in [-0.4, -0.2) is 16.1 Å². The molecule has 0 unspecified atom stereocenters. The van der Waals surface area contributed by atoms with E-state index < -0.39 is 5.97 Å². The van der Waals surface area contributed by atoms with Gasteiger partial charge in [-0.15, -0.1) is 22.7 Å². The van der Waals surface area contributed by atoms with Gasteiger partial charge in [-0.3, -0.25) is 4.79 Å². The largest absolute Gasteiger partial charge is 0.481 e. The van der Waals surface area contributed by atoms with Gasteiger partial charge in [0, 0.05) is 15.8 Å². The van der Waals surface area contributed by atoms with Gasteiger partial charge in [-0.1, -0.05) is 12.1 Å². The van der Waals surface area contributed by atoms with Crippen molar-refractivity contribution in [3.05, 3.63) is 52.5 Å². The first kappa shape index (κ1) is 13.9. The van der Waals surface area contributed by atoms with Crippen molar-refractivity contribution >= 4 is 28.6 Å². The molecule has 0 bridgehead atoms. The summed E-state index contributed by atoms with van der Waals surface area (Å²) in [4.78, 5) is 16.9. The Morgan fingerprint density at radius 3 is 2.90 bits per heavy atom. The van der Waals surface area contributed by atoms with Crippen LogP contribution in [0.3, 0.4) is 0 Å². The quantitative estimate of drug-likeness (QED) is 0.780. The second-order valence-corrected chi connectivity index (χ2v) is 6.41. The minimum absolute atomic E-state index is 0.0194. The predicted molar refractivity (Wildman–Crippen MR) is 82.2 cm³/mol. The maximum absolute atomic E-state index is 13.2. The standard InChI is InChI=1S/C15H10FNO2S2/c16-10-3-1-2-9(6-10)15-17-12(8-20-15)13-5-4-11(21-13)7-14(18)19/h1-6,8H,7H2,(H,18,19). The number of carbonyl (C=O) groups is 1. The summed E-state index contributed by atoms with van der Waals surface area (Å²) in [5.41, 5.74) is 1.54. The highest BCUT2D eigenvalue weighted by Crippen LogP contribution is 2.33. The Morgan fingerprint density at radius 1 is 1.29 bits per heavy atom. The van der Waals surface area contributed by atoms with Crippen molar-refractivity contribution in [3.63, 3.8) is 0 Å². The number of thiazole rings is 1. The summed E-state index contributed by atoms with van der Waals surface area (Å²) in [6.07, 6.45) is 0.0194. The zero-order chi connectivity index (χ0) is 14.8. The molecule has 2 heterocycles. The van der Waals surface area contributed by atoms with Crippen molar-refractivity contribution in [2.75, 3.05) is 0 Å². The molecule has 0 saturated carbocycles. The molecule has 0 fully saturated rings. The van der Waals surface area contributed by atoms with Gasteiger partial charge in [-0.2, -0.15) is 0 Å². The molecular formula is C15H10FNO2S2. The normalized spacial score (nSPS) is 10.7. The molecule has 0 aliphatic heterocycles. The first-order valence-electron chi connectivity index (χ1n) is 6.14. The summed E-state index contributed by atoms with van der Waals surface area (Å²) >= 11 is 2.86. The average molecular weight is 319 g/mol. The summed E-state index contributed by atoms with van der Waals surface area (Å²) < 4.78 is 13.2.